The normalized spacial score (nSPS) is 10.1. The SMILES string of the molecule is CCCCCn1c[c]cn1. The standard InChI is InChI=1S/C8H13N2/c1-2-3-4-7-10-8-5-6-9-10/h6,8H,2-4,7H2,1H3. The minimum absolute atomic E-state index is 1.04. The Morgan fingerprint density at radius 3 is 3.00 bits per heavy atom. The van der Waals surface area contributed by atoms with E-state index in [1.165, 1.54) is 19.3 Å². The Labute approximate surface area is 61.9 Å². The van der Waals surface area contributed by atoms with E-state index < -0.39 is 0 Å². The van der Waals surface area contributed by atoms with E-state index in [0.717, 1.165) is 6.54 Å². The third-order valence-electron chi connectivity index (χ3n) is 1.49. The van der Waals surface area contributed by atoms with Crippen molar-refractivity contribution in [3.8, 4) is 0 Å². The smallest absolute Gasteiger partial charge is 0.0569 e. The Bertz CT molecular complexity index is 156. The average Bonchev–Trinajstić information content (AvgIpc) is 2.41. The van der Waals surface area contributed by atoms with Gasteiger partial charge in [0.05, 0.1) is 6.20 Å². The molecule has 0 spiro atoms. The summed E-state index contributed by atoms with van der Waals surface area (Å²) in [7, 11) is 0. The molecule has 0 atom stereocenters. The lowest BCUT2D eigenvalue weighted by Crippen LogP contribution is -1.97. The number of hydrogen-bond acceptors (Lipinski definition) is 1. The Hall–Kier alpha value is -0.790. The molecule has 0 aliphatic heterocycles. The Morgan fingerprint density at radius 1 is 1.50 bits per heavy atom. The van der Waals surface area contributed by atoms with Crippen LogP contribution in [0.3, 0.4) is 0 Å². The number of aromatic nitrogens is 2. The summed E-state index contributed by atoms with van der Waals surface area (Å²) >= 11 is 0. The van der Waals surface area contributed by atoms with Crippen molar-refractivity contribution in [2.24, 2.45) is 0 Å². The summed E-state index contributed by atoms with van der Waals surface area (Å²) in [5.41, 5.74) is 0. The molecule has 0 saturated carbocycles. The molecule has 0 saturated heterocycles. The third-order valence-corrected chi connectivity index (χ3v) is 1.49. The molecule has 55 valence electrons. The van der Waals surface area contributed by atoms with Gasteiger partial charge in [-0.1, -0.05) is 19.8 Å². The molecule has 1 aromatic rings. The lowest BCUT2D eigenvalue weighted by Gasteiger charge is -1.97. The Kier molecular flexibility index (Phi) is 3.00. The highest BCUT2D eigenvalue weighted by atomic mass is 15.3. The molecule has 2 nitrogen and oxygen atoms in total. The van der Waals surface area contributed by atoms with E-state index in [2.05, 4.69) is 18.1 Å². The van der Waals surface area contributed by atoms with Crippen molar-refractivity contribution in [1.82, 2.24) is 9.78 Å². The predicted molar refractivity (Wildman–Crippen MR) is 40.6 cm³/mol. The van der Waals surface area contributed by atoms with Gasteiger partial charge in [-0.25, -0.2) is 0 Å². The Morgan fingerprint density at radius 2 is 2.40 bits per heavy atom. The summed E-state index contributed by atoms with van der Waals surface area (Å²) in [6, 6.07) is 2.91. The maximum absolute atomic E-state index is 4.05. The van der Waals surface area contributed by atoms with E-state index in [9.17, 15) is 0 Å². The molecule has 10 heavy (non-hydrogen) atoms. The highest BCUT2D eigenvalue weighted by Gasteiger charge is 1.88. The molecule has 0 bridgehead atoms. The number of rotatable bonds is 4. The van der Waals surface area contributed by atoms with E-state index in [1.807, 2.05) is 10.9 Å². The van der Waals surface area contributed by atoms with Crippen molar-refractivity contribution >= 4 is 0 Å². The fourth-order valence-corrected chi connectivity index (χ4v) is 0.906. The molecule has 0 aliphatic rings. The molecule has 1 aromatic heterocycles. The predicted octanol–water partition coefficient (Wildman–Crippen LogP) is 1.87. The number of unbranched alkanes of at least 4 members (excludes halogenated alkanes) is 2. The molecule has 2 heteroatoms. The van der Waals surface area contributed by atoms with Crippen molar-refractivity contribution in [2.75, 3.05) is 0 Å². The molecule has 1 rings (SSSR count). The van der Waals surface area contributed by atoms with Crippen molar-refractivity contribution < 1.29 is 0 Å². The van der Waals surface area contributed by atoms with Gasteiger partial charge in [0, 0.05) is 18.8 Å². The van der Waals surface area contributed by atoms with Gasteiger partial charge < -0.3 is 0 Å². The van der Waals surface area contributed by atoms with Crippen molar-refractivity contribution in [2.45, 2.75) is 32.7 Å². The van der Waals surface area contributed by atoms with Crippen LogP contribution in [0.25, 0.3) is 0 Å². The summed E-state index contributed by atoms with van der Waals surface area (Å²) < 4.78 is 1.93. The van der Waals surface area contributed by atoms with Gasteiger partial charge in [0.15, 0.2) is 0 Å². The second-order valence-electron chi connectivity index (χ2n) is 2.41. The van der Waals surface area contributed by atoms with Gasteiger partial charge in [0.25, 0.3) is 0 Å². The summed E-state index contributed by atoms with van der Waals surface area (Å²) in [6.45, 7) is 3.24. The third kappa shape index (κ3) is 2.21. The first-order chi connectivity index (χ1) is 4.93. The highest BCUT2D eigenvalue weighted by Crippen LogP contribution is 1.96. The minimum Gasteiger partial charge on any atom is -0.272 e. The second kappa shape index (κ2) is 4.09. The second-order valence-corrected chi connectivity index (χ2v) is 2.41. The molecule has 0 aromatic carbocycles. The molecule has 1 heterocycles. The summed E-state index contributed by atoms with van der Waals surface area (Å²) in [6.07, 6.45) is 7.37. The van der Waals surface area contributed by atoms with Crippen LogP contribution >= 0.6 is 0 Å². The minimum atomic E-state index is 1.04. The molecular formula is C8H13N2. The maximum atomic E-state index is 4.05. The number of aryl methyl sites for hydroxylation is 1. The first kappa shape index (κ1) is 7.32. The Balaban J connectivity index is 2.15. The quantitative estimate of drug-likeness (QED) is 0.579. The monoisotopic (exact) mass is 137 g/mol. The summed E-state index contributed by atoms with van der Waals surface area (Å²) in [4.78, 5) is 0. The van der Waals surface area contributed by atoms with Crippen LogP contribution in [0.5, 0.6) is 0 Å². The molecule has 0 fully saturated rings. The molecule has 0 aliphatic carbocycles. The zero-order valence-corrected chi connectivity index (χ0v) is 6.38. The summed E-state index contributed by atoms with van der Waals surface area (Å²) in [5, 5.41) is 4.05. The van der Waals surface area contributed by atoms with E-state index in [1.54, 1.807) is 6.20 Å². The molecule has 0 unspecified atom stereocenters. The van der Waals surface area contributed by atoms with Crippen LogP contribution in [0.1, 0.15) is 26.2 Å². The lowest BCUT2D eigenvalue weighted by molar-refractivity contribution is 0.553. The fraction of sp³-hybridized carbons (Fsp3) is 0.625. The van der Waals surface area contributed by atoms with E-state index >= 15 is 0 Å². The van der Waals surface area contributed by atoms with Gasteiger partial charge >= 0.3 is 0 Å². The van der Waals surface area contributed by atoms with E-state index in [4.69, 9.17) is 0 Å². The van der Waals surface area contributed by atoms with Crippen LogP contribution in [-0.2, 0) is 6.54 Å². The van der Waals surface area contributed by atoms with Crippen LogP contribution < -0.4 is 0 Å². The molecule has 0 N–H and O–H groups in total. The van der Waals surface area contributed by atoms with Gasteiger partial charge in [0.1, 0.15) is 0 Å². The molecular weight excluding hydrogens is 124 g/mol. The van der Waals surface area contributed by atoms with Gasteiger partial charge in [-0.05, 0) is 6.42 Å². The molecule has 1 radical (unpaired) electrons. The van der Waals surface area contributed by atoms with Gasteiger partial charge in [-0.2, -0.15) is 5.10 Å². The first-order valence-electron chi connectivity index (χ1n) is 3.82. The van der Waals surface area contributed by atoms with Gasteiger partial charge in [-0.3, -0.25) is 4.68 Å². The maximum Gasteiger partial charge on any atom is 0.0569 e. The van der Waals surface area contributed by atoms with E-state index in [0.29, 0.717) is 0 Å². The summed E-state index contributed by atoms with van der Waals surface area (Å²) in [5.74, 6) is 0. The van der Waals surface area contributed by atoms with Crippen LogP contribution in [0.2, 0.25) is 0 Å². The van der Waals surface area contributed by atoms with Crippen LogP contribution in [0.4, 0.5) is 0 Å². The zero-order chi connectivity index (χ0) is 7.23. The van der Waals surface area contributed by atoms with Crippen molar-refractivity contribution in [3.05, 3.63) is 18.5 Å². The largest absolute Gasteiger partial charge is 0.272 e. The van der Waals surface area contributed by atoms with Crippen LogP contribution in [0, 0.1) is 6.07 Å². The van der Waals surface area contributed by atoms with Crippen molar-refractivity contribution in [1.29, 1.82) is 0 Å². The average molecular weight is 137 g/mol. The number of nitrogens with zero attached hydrogens (tertiary/aromatic N) is 2. The van der Waals surface area contributed by atoms with Crippen molar-refractivity contribution in [3.63, 3.8) is 0 Å². The highest BCUT2D eigenvalue weighted by molar-refractivity contribution is 4.74. The number of hydrogen-bond donors (Lipinski definition) is 0. The van der Waals surface area contributed by atoms with Gasteiger partial charge in [0.2, 0.25) is 0 Å². The van der Waals surface area contributed by atoms with Crippen LogP contribution in [-0.4, -0.2) is 9.78 Å². The topological polar surface area (TPSA) is 17.8 Å². The van der Waals surface area contributed by atoms with E-state index in [-0.39, 0.29) is 0 Å². The van der Waals surface area contributed by atoms with Crippen LogP contribution in [0.15, 0.2) is 12.4 Å². The first-order valence-corrected chi connectivity index (χ1v) is 3.82. The lowest BCUT2D eigenvalue weighted by atomic mass is 10.2. The zero-order valence-electron chi connectivity index (χ0n) is 6.38. The molecule has 0 amide bonds. The van der Waals surface area contributed by atoms with Gasteiger partial charge in [-0.15, -0.1) is 0 Å². The fourth-order valence-electron chi connectivity index (χ4n) is 0.906.